The molecule has 5 heteroatoms. The molecule has 1 fully saturated rings. The van der Waals surface area contributed by atoms with E-state index in [1.54, 1.807) is 31.5 Å². The number of hydrogen-bond acceptors (Lipinski definition) is 2. The van der Waals surface area contributed by atoms with Crippen LogP contribution in [0.5, 0.6) is 0 Å². The predicted octanol–water partition coefficient (Wildman–Crippen LogP) is 3.15. The molecule has 1 aliphatic carbocycles. The molecule has 1 aliphatic rings. The summed E-state index contributed by atoms with van der Waals surface area (Å²) in [5.41, 5.74) is 1.05. The molecule has 1 saturated carbocycles. The van der Waals surface area contributed by atoms with Gasteiger partial charge in [-0.1, -0.05) is 12.1 Å². The summed E-state index contributed by atoms with van der Waals surface area (Å²) in [5.74, 6) is -1.08. The second kappa shape index (κ2) is 4.98. The third-order valence-corrected chi connectivity index (χ3v) is 4.70. The molecule has 21 heavy (non-hydrogen) atoms. The number of nitrogens with zero attached hydrogens (tertiary/aromatic N) is 1. The molecule has 1 aromatic heterocycles. The van der Waals surface area contributed by atoms with Crippen LogP contribution in [0.3, 0.4) is 0 Å². The Morgan fingerprint density at radius 3 is 3.00 bits per heavy atom. The van der Waals surface area contributed by atoms with Crippen molar-refractivity contribution in [3.8, 4) is 0 Å². The number of benzene rings is 1. The number of carboxylic acids is 1. The molecule has 0 saturated heterocycles. The Morgan fingerprint density at radius 1 is 1.52 bits per heavy atom. The largest absolute Gasteiger partial charge is 0.481 e. The van der Waals surface area contributed by atoms with Crippen LogP contribution in [-0.4, -0.2) is 21.3 Å². The van der Waals surface area contributed by atoms with Gasteiger partial charge in [0.2, 0.25) is 0 Å². The smallest absolute Gasteiger partial charge is 0.314 e. The summed E-state index contributed by atoms with van der Waals surface area (Å²) in [4.78, 5) is 12.0. The van der Waals surface area contributed by atoms with Gasteiger partial charge in [0.05, 0.1) is 11.6 Å². The number of carboxylic acid groups (broad SMARTS) is 1. The highest BCUT2D eigenvalue weighted by Crippen LogP contribution is 2.49. The van der Waals surface area contributed by atoms with Gasteiger partial charge in [0.25, 0.3) is 0 Å². The van der Waals surface area contributed by atoms with Gasteiger partial charge in [-0.3, -0.25) is 9.89 Å². The highest BCUT2D eigenvalue weighted by molar-refractivity contribution is 5.82. The lowest BCUT2D eigenvalue weighted by Crippen LogP contribution is -2.34. The van der Waals surface area contributed by atoms with E-state index >= 15 is 0 Å². The minimum Gasteiger partial charge on any atom is -0.481 e. The maximum atomic E-state index is 13.8. The normalized spacial score (nSPS) is 25.1. The molecule has 0 bridgehead atoms. The fraction of sp³-hybridized carbons (Fsp3) is 0.375. The predicted molar refractivity (Wildman–Crippen MR) is 75.6 cm³/mol. The Balaban J connectivity index is 2.03. The van der Waals surface area contributed by atoms with Crippen molar-refractivity contribution in [1.82, 2.24) is 10.2 Å². The summed E-state index contributed by atoms with van der Waals surface area (Å²) in [6.07, 6.45) is 5.30. The van der Waals surface area contributed by atoms with Gasteiger partial charge in [-0.25, -0.2) is 4.39 Å². The zero-order chi connectivity index (χ0) is 15.0. The Kier molecular flexibility index (Phi) is 3.27. The third kappa shape index (κ3) is 2.13. The summed E-state index contributed by atoms with van der Waals surface area (Å²) in [5, 5.41) is 16.5. The molecule has 0 aliphatic heterocycles. The van der Waals surface area contributed by atoms with Crippen LogP contribution >= 0.6 is 0 Å². The lowest BCUT2D eigenvalue weighted by atomic mass is 9.76. The van der Waals surface area contributed by atoms with Crippen molar-refractivity contribution in [3.05, 3.63) is 53.1 Å². The van der Waals surface area contributed by atoms with Crippen LogP contribution in [0.2, 0.25) is 0 Å². The second-order valence-electron chi connectivity index (χ2n) is 5.77. The standard InChI is InChI=1S/C16H17FN2O2/c1-10-13(3-2-4-14(10)17)16(15(20)21)6-5-11(7-16)12-8-18-19-9-12/h2-4,8-9,11H,5-7H2,1H3,(H,18,19)(H,20,21). The Morgan fingerprint density at radius 2 is 2.33 bits per heavy atom. The molecule has 2 aromatic rings. The van der Waals surface area contributed by atoms with Crippen LogP contribution in [0.25, 0.3) is 0 Å². The quantitative estimate of drug-likeness (QED) is 0.911. The number of hydrogen-bond donors (Lipinski definition) is 2. The van der Waals surface area contributed by atoms with Crippen molar-refractivity contribution in [2.75, 3.05) is 0 Å². The molecule has 2 N–H and O–H groups in total. The van der Waals surface area contributed by atoms with Gasteiger partial charge in [0, 0.05) is 6.20 Å². The first-order chi connectivity index (χ1) is 10.0. The van der Waals surface area contributed by atoms with E-state index in [1.165, 1.54) is 6.07 Å². The zero-order valence-electron chi connectivity index (χ0n) is 11.8. The zero-order valence-corrected chi connectivity index (χ0v) is 11.8. The summed E-state index contributed by atoms with van der Waals surface area (Å²) >= 11 is 0. The highest BCUT2D eigenvalue weighted by Gasteiger charge is 2.48. The monoisotopic (exact) mass is 288 g/mol. The van der Waals surface area contributed by atoms with Crippen molar-refractivity contribution >= 4 is 5.97 Å². The average Bonchev–Trinajstić information content (AvgIpc) is 3.10. The third-order valence-electron chi connectivity index (χ3n) is 4.70. The van der Waals surface area contributed by atoms with Crippen LogP contribution in [0.15, 0.2) is 30.6 Å². The lowest BCUT2D eigenvalue weighted by molar-refractivity contribution is -0.143. The Hall–Kier alpha value is -2.17. The van der Waals surface area contributed by atoms with Crippen LogP contribution in [0.1, 0.15) is 41.9 Å². The van der Waals surface area contributed by atoms with Gasteiger partial charge in [-0.2, -0.15) is 5.10 Å². The van der Waals surface area contributed by atoms with E-state index in [0.29, 0.717) is 24.0 Å². The molecular formula is C16H17FN2O2. The van der Waals surface area contributed by atoms with Crippen LogP contribution in [0, 0.1) is 12.7 Å². The number of halogens is 1. The van der Waals surface area contributed by atoms with Gasteiger partial charge in [-0.05, 0) is 54.9 Å². The molecule has 110 valence electrons. The fourth-order valence-electron chi connectivity index (χ4n) is 3.49. The first-order valence-corrected chi connectivity index (χ1v) is 7.02. The topological polar surface area (TPSA) is 66.0 Å². The number of H-pyrrole nitrogens is 1. The van der Waals surface area contributed by atoms with Crippen molar-refractivity contribution in [3.63, 3.8) is 0 Å². The van der Waals surface area contributed by atoms with Gasteiger partial charge < -0.3 is 5.11 Å². The summed E-state index contributed by atoms with van der Waals surface area (Å²) < 4.78 is 13.8. The van der Waals surface area contributed by atoms with Crippen molar-refractivity contribution in [1.29, 1.82) is 0 Å². The van der Waals surface area contributed by atoms with E-state index < -0.39 is 11.4 Å². The minimum absolute atomic E-state index is 0.141. The number of carbonyl (C=O) groups is 1. The molecule has 0 spiro atoms. The molecule has 2 atom stereocenters. The maximum absolute atomic E-state index is 13.8. The number of nitrogens with one attached hydrogen (secondary N) is 1. The Bertz CT molecular complexity index is 669. The second-order valence-corrected chi connectivity index (χ2v) is 5.77. The van der Waals surface area contributed by atoms with Crippen LogP contribution in [0.4, 0.5) is 4.39 Å². The number of rotatable bonds is 3. The molecule has 1 aromatic carbocycles. The molecule has 0 radical (unpaired) electrons. The molecule has 0 amide bonds. The van der Waals surface area contributed by atoms with Gasteiger partial charge in [-0.15, -0.1) is 0 Å². The van der Waals surface area contributed by atoms with Gasteiger partial charge in [0.15, 0.2) is 0 Å². The van der Waals surface area contributed by atoms with Gasteiger partial charge in [0.1, 0.15) is 5.82 Å². The van der Waals surface area contributed by atoms with E-state index in [2.05, 4.69) is 10.2 Å². The average molecular weight is 288 g/mol. The minimum atomic E-state index is -1.01. The molecular weight excluding hydrogens is 271 g/mol. The number of aliphatic carboxylic acids is 1. The number of aromatic amines is 1. The SMILES string of the molecule is Cc1c(F)cccc1C1(C(=O)O)CCC(c2cn[nH]c2)C1. The summed E-state index contributed by atoms with van der Waals surface area (Å²) in [7, 11) is 0. The van der Waals surface area contributed by atoms with E-state index in [4.69, 9.17) is 0 Å². The van der Waals surface area contributed by atoms with Crippen molar-refractivity contribution in [2.45, 2.75) is 37.5 Å². The number of aromatic nitrogens is 2. The molecule has 1 heterocycles. The summed E-state index contributed by atoms with van der Waals surface area (Å²) in [6.45, 7) is 1.65. The molecule has 3 rings (SSSR count). The maximum Gasteiger partial charge on any atom is 0.314 e. The van der Waals surface area contributed by atoms with Crippen molar-refractivity contribution in [2.24, 2.45) is 0 Å². The molecule has 2 unspecified atom stereocenters. The summed E-state index contributed by atoms with van der Waals surface area (Å²) in [6, 6.07) is 4.70. The van der Waals surface area contributed by atoms with Crippen LogP contribution < -0.4 is 0 Å². The van der Waals surface area contributed by atoms with E-state index in [-0.39, 0.29) is 11.7 Å². The van der Waals surface area contributed by atoms with E-state index in [9.17, 15) is 14.3 Å². The first-order valence-electron chi connectivity index (χ1n) is 7.02. The lowest BCUT2D eigenvalue weighted by Gasteiger charge is -2.27. The van der Waals surface area contributed by atoms with Crippen LogP contribution in [-0.2, 0) is 10.2 Å². The first kappa shape index (κ1) is 13.8. The van der Waals surface area contributed by atoms with Crippen molar-refractivity contribution < 1.29 is 14.3 Å². The van der Waals surface area contributed by atoms with E-state index in [1.807, 2.05) is 0 Å². The van der Waals surface area contributed by atoms with E-state index in [0.717, 1.165) is 12.0 Å². The fourth-order valence-corrected chi connectivity index (χ4v) is 3.49. The Labute approximate surface area is 122 Å². The highest BCUT2D eigenvalue weighted by atomic mass is 19.1. The molecule has 4 nitrogen and oxygen atoms in total. The van der Waals surface area contributed by atoms with Gasteiger partial charge >= 0.3 is 5.97 Å².